The van der Waals surface area contributed by atoms with E-state index in [9.17, 15) is 4.39 Å². The van der Waals surface area contributed by atoms with Gasteiger partial charge in [0.05, 0.1) is 24.6 Å². The summed E-state index contributed by atoms with van der Waals surface area (Å²) in [6.07, 6.45) is 3.00. The highest BCUT2D eigenvalue weighted by Gasteiger charge is 2.13. The molecule has 0 saturated carbocycles. The minimum absolute atomic E-state index is 0.230. The summed E-state index contributed by atoms with van der Waals surface area (Å²) in [5.74, 6) is -0.230. The van der Waals surface area contributed by atoms with Gasteiger partial charge in [-0.3, -0.25) is 4.68 Å². The molecule has 1 aliphatic heterocycles. The van der Waals surface area contributed by atoms with Crippen LogP contribution in [0.4, 0.5) is 4.39 Å². The SMILES string of the molecule is Cn1nc(-c2ccc(F)cc2)cc1C1=CCOCC1. The predicted molar refractivity (Wildman–Crippen MR) is 72.0 cm³/mol. The van der Waals surface area contributed by atoms with E-state index in [4.69, 9.17) is 4.74 Å². The first kappa shape index (κ1) is 12.1. The third-order valence-corrected chi connectivity index (χ3v) is 3.31. The molecule has 0 atom stereocenters. The number of ether oxygens (including phenoxy) is 1. The van der Waals surface area contributed by atoms with Crippen molar-refractivity contribution >= 4 is 5.57 Å². The summed E-state index contributed by atoms with van der Waals surface area (Å²) >= 11 is 0. The Kier molecular flexibility index (Phi) is 3.17. The summed E-state index contributed by atoms with van der Waals surface area (Å²) in [7, 11) is 1.93. The van der Waals surface area contributed by atoms with Crippen LogP contribution in [0.1, 0.15) is 12.1 Å². The van der Waals surface area contributed by atoms with Gasteiger partial charge in [0, 0.05) is 12.6 Å². The number of aryl methyl sites for hydroxylation is 1. The fourth-order valence-corrected chi connectivity index (χ4v) is 2.29. The van der Waals surface area contributed by atoms with Crippen LogP contribution >= 0.6 is 0 Å². The molecule has 0 bridgehead atoms. The molecule has 0 spiro atoms. The first-order valence-electron chi connectivity index (χ1n) is 6.31. The van der Waals surface area contributed by atoms with Crippen LogP contribution in [0.3, 0.4) is 0 Å². The minimum Gasteiger partial charge on any atom is -0.377 e. The summed E-state index contributed by atoms with van der Waals surface area (Å²) in [5.41, 5.74) is 4.15. The second-order valence-electron chi connectivity index (χ2n) is 4.60. The van der Waals surface area contributed by atoms with Crippen LogP contribution in [-0.2, 0) is 11.8 Å². The van der Waals surface area contributed by atoms with E-state index in [-0.39, 0.29) is 5.82 Å². The maximum Gasteiger partial charge on any atom is 0.123 e. The van der Waals surface area contributed by atoms with Gasteiger partial charge in [-0.25, -0.2) is 4.39 Å². The topological polar surface area (TPSA) is 27.1 Å². The van der Waals surface area contributed by atoms with E-state index < -0.39 is 0 Å². The molecule has 3 nitrogen and oxygen atoms in total. The zero-order chi connectivity index (χ0) is 13.2. The number of rotatable bonds is 2. The normalized spacial score (nSPS) is 15.4. The van der Waals surface area contributed by atoms with Crippen molar-refractivity contribution in [1.29, 1.82) is 0 Å². The molecule has 0 N–H and O–H groups in total. The van der Waals surface area contributed by atoms with Gasteiger partial charge in [0.1, 0.15) is 5.82 Å². The Balaban J connectivity index is 1.97. The molecule has 0 radical (unpaired) electrons. The van der Waals surface area contributed by atoms with Gasteiger partial charge in [0.15, 0.2) is 0 Å². The molecule has 1 aliphatic rings. The Labute approximate surface area is 111 Å². The molecule has 0 unspecified atom stereocenters. The standard InChI is InChI=1S/C15H15FN2O/c1-18-15(12-6-8-19-9-7-12)10-14(17-18)11-2-4-13(16)5-3-11/h2-6,10H,7-9H2,1H3. The molecule has 2 aromatic rings. The van der Waals surface area contributed by atoms with E-state index in [1.54, 1.807) is 12.1 Å². The Hall–Kier alpha value is -1.94. The molecule has 98 valence electrons. The quantitative estimate of drug-likeness (QED) is 0.828. The third-order valence-electron chi connectivity index (χ3n) is 3.31. The fourth-order valence-electron chi connectivity index (χ4n) is 2.29. The number of hydrogen-bond acceptors (Lipinski definition) is 2. The van der Waals surface area contributed by atoms with Gasteiger partial charge >= 0.3 is 0 Å². The first-order valence-corrected chi connectivity index (χ1v) is 6.31. The largest absolute Gasteiger partial charge is 0.377 e. The van der Waals surface area contributed by atoms with Crippen molar-refractivity contribution in [2.24, 2.45) is 7.05 Å². The number of aromatic nitrogens is 2. The molecule has 0 saturated heterocycles. The molecule has 2 heterocycles. The molecule has 1 aromatic heterocycles. The number of halogens is 1. The summed E-state index contributed by atoms with van der Waals surface area (Å²) < 4.78 is 20.1. The van der Waals surface area contributed by atoms with Crippen LogP contribution in [0, 0.1) is 5.82 Å². The Morgan fingerprint density at radius 2 is 2.05 bits per heavy atom. The Morgan fingerprint density at radius 1 is 1.26 bits per heavy atom. The van der Waals surface area contributed by atoms with Gasteiger partial charge in [-0.05, 0) is 42.3 Å². The number of nitrogens with zero attached hydrogens (tertiary/aromatic N) is 2. The second-order valence-corrected chi connectivity index (χ2v) is 4.60. The number of hydrogen-bond donors (Lipinski definition) is 0. The average molecular weight is 258 g/mol. The molecular weight excluding hydrogens is 243 g/mol. The Bertz CT molecular complexity index is 614. The molecule has 3 rings (SSSR count). The molecule has 0 fully saturated rings. The van der Waals surface area contributed by atoms with Crippen molar-refractivity contribution in [3.63, 3.8) is 0 Å². The average Bonchev–Trinajstić information content (AvgIpc) is 2.83. The van der Waals surface area contributed by atoms with Crippen molar-refractivity contribution in [3.05, 3.63) is 47.9 Å². The monoisotopic (exact) mass is 258 g/mol. The van der Waals surface area contributed by atoms with Crippen molar-refractivity contribution in [1.82, 2.24) is 9.78 Å². The zero-order valence-corrected chi connectivity index (χ0v) is 10.8. The molecule has 0 aliphatic carbocycles. The predicted octanol–water partition coefficient (Wildman–Crippen LogP) is 3.03. The van der Waals surface area contributed by atoms with Gasteiger partial charge in [-0.2, -0.15) is 5.10 Å². The van der Waals surface area contributed by atoms with E-state index in [2.05, 4.69) is 11.2 Å². The van der Waals surface area contributed by atoms with Crippen LogP contribution in [-0.4, -0.2) is 23.0 Å². The van der Waals surface area contributed by atoms with Crippen LogP contribution in [0.2, 0.25) is 0 Å². The van der Waals surface area contributed by atoms with E-state index in [1.165, 1.54) is 17.7 Å². The van der Waals surface area contributed by atoms with Crippen LogP contribution in [0.5, 0.6) is 0 Å². The van der Waals surface area contributed by atoms with Crippen molar-refractivity contribution in [3.8, 4) is 11.3 Å². The van der Waals surface area contributed by atoms with Crippen LogP contribution < -0.4 is 0 Å². The molecule has 1 aromatic carbocycles. The number of benzene rings is 1. The summed E-state index contributed by atoms with van der Waals surface area (Å²) in [5, 5.41) is 4.50. The third kappa shape index (κ3) is 2.44. The maximum atomic E-state index is 12.9. The molecule has 19 heavy (non-hydrogen) atoms. The molecular formula is C15H15FN2O. The second kappa shape index (κ2) is 4.97. The van der Waals surface area contributed by atoms with Gasteiger partial charge < -0.3 is 4.74 Å². The van der Waals surface area contributed by atoms with Crippen molar-refractivity contribution < 1.29 is 9.13 Å². The summed E-state index contributed by atoms with van der Waals surface area (Å²) in [6.45, 7) is 1.41. The molecule has 0 amide bonds. The highest BCUT2D eigenvalue weighted by Crippen LogP contribution is 2.26. The van der Waals surface area contributed by atoms with Crippen LogP contribution in [0.15, 0.2) is 36.4 Å². The first-order chi connectivity index (χ1) is 9.24. The van der Waals surface area contributed by atoms with E-state index in [1.807, 2.05) is 17.8 Å². The summed E-state index contributed by atoms with van der Waals surface area (Å²) in [6, 6.07) is 8.46. The smallest absolute Gasteiger partial charge is 0.123 e. The lowest BCUT2D eigenvalue weighted by molar-refractivity contribution is 0.161. The lowest BCUT2D eigenvalue weighted by atomic mass is 10.1. The van der Waals surface area contributed by atoms with Gasteiger partial charge in [-0.1, -0.05) is 6.08 Å². The maximum absolute atomic E-state index is 12.9. The van der Waals surface area contributed by atoms with Gasteiger partial charge in [0.2, 0.25) is 0 Å². The fraction of sp³-hybridized carbons (Fsp3) is 0.267. The zero-order valence-electron chi connectivity index (χ0n) is 10.8. The minimum atomic E-state index is -0.230. The van der Waals surface area contributed by atoms with Gasteiger partial charge in [-0.15, -0.1) is 0 Å². The highest BCUT2D eigenvalue weighted by molar-refractivity contribution is 5.69. The lowest BCUT2D eigenvalue weighted by Crippen LogP contribution is -2.06. The lowest BCUT2D eigenvalue weighted by Gasteiger charge is -2.13. The van der Waals surface area contributed by atoms with Crippen molar-refractivity contribution in [2.75, 3.05) is 13.2 Å². The molecule has 4 heteroatoms. The van der Waals surface area contributed by atoms with E-state index in [0.29, 0.717) is 6.61 Å². The van der Waals surface area contributed by atoms with Crippen molar-refractivity contribution in [2.45, 2.75) is 6.42 Å². The highest BCUT2D eigenvalue weighted by atomic mass is 19.1. The van der Waals surface area contributed by atoms with E-state index >= 15 is 0 Å². The van der Waals surface area contributed by atoms with Gasteiger partial charge in [0.25, 0.3) is 0 Å². The van der Waals surface area contributed by atoms with Crippen LogP contribution in [0.25, 0.3) is 16.8 Å². The van der Waals surface area contributed by atoms with E-state index in [0.717, 1.165) is 30.0 Å². The Morgan fingerprint density at radius 3 is 2.74 bits per heavy atom. The summed E-state index contributed by atoms with van der Waals surface area (Å²) in [4.78, 5) is 0.